The Kier molecular flexibility index (Phi) is 10.6. The molecule has 0 aliphatic heterocycles. The van der Waals surface area contributed by atoms with Crippen LogP contribution in [-0.4, -0.2) is 15.0 Å². The average Bonchev–Trinajstić information content (AvgIpc) is 3.71. The molecule has 4 rings (SSSR count). The van der Waals surface area contributed by atoms with Crippen LogP contribution < -0.4 is 0 Å². The van der Waals surface area contributed by atoms with Crippen LogP contribution in [0.25, 0.3) is 0 Å². The highest BCUT2D eigenvalue weighted by Crippen LogP contribution is 2.49. The first kappa shape index (κ1) is 29.0. The Morgan fingerprint density at radius 2 is 1.63 bits per heavy atom. The summed E-state index contributed by atoms with van der Waals surface area (Å²) in [6, 6.07) is 1.70. The summed E-state index contributed by atoms with van der Waals surface area (Å²) >= 11 is 0. The maximum absolute atomic E-state index is 15.6. The van der Waals surface area contributed by atoms with E-state index in [-0.39, 0.29) is 12.2 Å². The summed E-state index contributed by atoms with van der Waals surface area (Å²) in [7, 11) is 0. The molecule has 1 saturated carbocycles. The SMILES string of the molecule is CCCCC(C)Cc1cc2c(c(F)n1)C(F)(F)C(c1ncc(CCCCCCCCCC3CC3)cn1)CC2. The molecule has 0 N–H and O–H groups in total. The topological polar surface area (TPSA) is 38.7 Å². The summed E-state index contributed by atoms with van der Waals surface area (Å²) in [5.41, 5.74) is 1.38. The van der Waals surface area contributed by atoms with Crippen molar-refractivity contribution in [3.8, 4) is 0 Å². The number of halogens is 3. The van der Waals surface area contributed by atoms with Crippen molar-refractivity contribution in [2.24, 2.45) is 11.8 Å². The van der Waals surface area contributed by atoms with Crippen molar-refractivity contribution in [1.82, 2.24) is 15.0 Å². The van der Waals surface area contributed by atoms with Crippen LogP contribution in [0, 0.1) is 17.8 Å². The number of unbranched alkanes of at least 4 members (excludes halogenated alkanes) is 7. The molecule has 0 bridgehead atoms. The Bertz CT molecular complexity index is 1000. The predicted octanol–water partition coefficient (Wildman–Crippen LogP) is 9.27. The molecular weight excluding hydrogens is 483 g/mol. The van der Waals surface area contributed by atoms with Gasteiger partial charge in [-0.3, -0.25) is 0 Å². The number of aryl methyl sites for hydroxylation is 2. The average molecular weight is 530 g/mol. The number of fused-ring (bicyclic) bond motifs is 1. The number of hydrogen-bond donors (Lipinski definition) is 0. The first-order valence-electron chi connectivity index (χ1n) is 15.3. The zero-order valence-corrected chi connectivity index (χ0v) is 23.5. The van der Waals surface area contributed by atoms with E-state index in [1.807, 2.05) is 0 Å². The highest BCUT2D eigenvalue weighted by Gasteiger charge is 2.50. The van der Waals surface area contributed by atoms with E-state index in [1.54, 1.807) is 18.5 Å². The minimum absolute atomic E-state index is 0.104. The molecule has 1 fully saturated rings. The lowest BCUT2D eigenvalue weighted by atomic mass is 9.80. The molecule has 0 saturated heterocycles. The minimum Gasteiger partial charge on any atom is -0.241 e. The molecule has 2 unspecified atom stereocenters. The van der Waals surface area contributed by atoms with Gasteiger partial charge in [0.25, 0.3) is 5.92 Å². The predicted molar refractivity (Wildman–Crippen MR) is 147 cm³/mol. The molecule has 2 heterocycles. The molecule has 2 atom stereocenters. The van der Waals surface area contributed by atoms with Gasteiger partial charge in [0.15, 0.2) is 0 Å². The van der Waals surface area contributed by atoms with Crippen molar-refractivity contribution in [1.29, 1.82) is 0 Å². The van der Waals surface area contributed by atoms with Gasteiger partial charge >= 0.3 is 0 Å². The van der Waals surface area contributed by atoms with E-state index in [0.29, 0.717) is 30.0 Å². The first-order chi connectivity index (χ1) is 18.4. The number of aromatic nitrogens is 3. The molecular formula is C32H46F3N3. The Morgan fingerprint density at radius 3 is 2.32 bits per heavy atom. The number of alkyl halides is 2. The van der Waals surface area contributed by atoms with Crippen LogP contribution in [0.4, 0.5) is 13.2 Å². The van der Waals surface area contributed by atoms with Crippen LogP contribution in [0.2, 0.25) is 0 Å². The summed E-state index contributed by atoms with van der Waals surface area (Å²) < 4.78 is 46.1. The lowest BCUT2D eigenvalue weighted by Crippen LogP contribution is -2.33. The van der Waals surface area contributed by atoms with Gasteiger partial charge in [-0.2, -0.15) is 4.39 Å². The largest absolute Gasteiger partial charge is 0.287 e. The van der Waals surface area contributed by atoms with Crippen molar-refractivity contribution in [3.63, 3.8) is 0 Å². The third kappa shape index (κ3) is 8.02. The molecule has 2 aliphatic carbocycles. The smallest absolute Gasteiger partial charge is 0.241 e. The Labute approximate surface area is 227 Å². The van der Waals surface area contributed by atoms with Gasteiger partial charge in [-0.1, -0.05) is 90.9 Å². The van der Waals surface area contributed by atoms with Gasteiger partial charge in [0, 0.05) is 18.1 Å². The Hall–Kier alpha value is -1.98. The molecule has 0 radical (unpaired) electrons. The van der Waals surface area contributed by atoms with Gasteiger partial charge in [0.2, 0.25) is 5.95 Å². The van der Waals surface area contributed by atoms with Crippen molar-refractivity contribution in [2.45, 2.75) is 135 Å². The molecule has 2 aromatic heterocycles. The molecule has 2 aliphatic rings. The van der Waals surface area contributed by atoms with Crippen molar-refractivity contribution < 1.29 is 13.2 Å². The van der Waals surface area contributed by atoms with E-state index >= 15 is 8.78 Å². The van der Waals surface area contributed by atoms with Crippen LogP contribution in [0.5, 0.6) is 0 Å². The van der Waals surface area contributed by atoms with Gasteiger partial charge in [0.05, 0.1) is 11.5 Å². The number of nitrogens with zero attached hydrogens (tertiary/aromatic N) is 3. The highest BCUT2D eigenvalue weighted by molar-refractivity contribution is 5.37. The van der Waals surface area contributed by atoms with Gasteiger partial charge < -0.3 is 0 Å². The first-order valence-corrected chi connectivity index (χ1v) is 15.3. The summed E-state index contributed by atoms with van der Waals surface area (Å²) in [4.78, 5) is 12.6. The maximum atomic E-state index is 15.6. The lowest BCUT2D eigenvalue weighted by molar-refractivity contribution is -0.0500. The summed E-state index contributed by atoms with van der Waals surface area (Å²) in [5, 5.41) is 0. The fourth-order valence-electron chi connectivity index (χ4n) is 5.96. The lowest BCUT2D eigenvalue weighted by Gasteiger charge is -2.32. The van der Waals surface area contributed by atoms with Crippen LogP contribution in [-0.2, 0) is 25.2 Å². The zero-order valence-electron chi connectivity index (χ0n) is 23.5. The van der Waals surface area contributed by atoms with Crippen LogP contribution >= 0.6 is 0 Å². The van der Waals surface area contributed by atoms with E-state index < -0.39 is 23.4 Å². The van der Waals surface area contributed by atoms with E-state index in [4.69, 9.17) is 0 Å². The van der Waals surface area contributed by atoms with Gasteiger partial charge in [-0.15, -0.1) is 0 Å². The third-order valence-electron chi connectivity index (χ3n) is 8.50. The molecule has 210 valence electrons. The monoisotopic (exact) mass is 529 g/mol. The standard InChI is InChI=1S/C32H46F3N3/c1-3-4-12-23(2)19-27-20-26-17-18-28(32(34,35)29(26)30(33)38-27)31-36-21-25(22-37-31)14-11-9-7-5-6-8-10-13-24-15-16-24/h20-24,28H,3-19H2,1-2H3. The molecule has 38 heavy (non-hydrogen) atoms. The van der Waals surface area contributed by atoms with Crippen molar-refractivity contribution >= 4 is 0 Å². The third-order valence-corrected chi connectivity index (χ3v) is 8.50. The van der Waals surface area contributed by atoms with Crippen LogP contribution in [0.15, 0.2) is 18.5 Å². The molecule has 0 spiro atoms. The quantitative estimate of drug-likeness (QED) is 0.161. The highest BCUT2D eigenvalue weighted by atomic mass is 19.3. The van der Waals surface area contributed by atoms with Crippen molar-refractivity contribution in [2.75, 3.05) is 0 Å². The molecule has 0 aromatic carbocycles. The van der Waals surface area contributed by atoms with Crippen LogP contribution in [0.3, 0.4) is 0 Å². The van der Waals surface area contributed by atoms with E-state index in [0.717, 1.165) is 43.6 Å². The van der Waals surface area contributed by atoms with Gasteiger partial charge in [0.1, 0.15) is 5.82 Å². The second-order valence-corrected chi connectivity index (χ2v) is 12.0. The Morgan fingerprint density at radius 1 is 0.947 bits per heavy atom. The van der Waals surface area contributed by atoms with E-state index in [2.05, 4.69) is 28.8 Å². The number of hydrogen-bond acceptors (Lipinski definition) is 3. The minimum atomic E-state index is -3.38. The van der Waals surface area contributed by atoms with Crippen LogP contribution in [0.1, 0.15) is 138 Å². The summed E-state index contributed by atoms with van der Waals surface area (Å²) in [6.45, 7) is 4.25. The molecule has 2 aromatic rings. The fraction of sp³-hybridized carbons (Fsp3) is 0.719. The van der Waals surface area contributed by atoms with E-state index in [9.17, 15) is 4.39 Å². The fourth-order valence-corrected chi connectivity index (χ4v) is 5.96. The Balaban J connectivity index is 1.26. The number of rotatable bonds is 16. The second kappa shape index (κ2) is 13.9. The second-order valence-electron chi connectivity index (χ2n) is 12.0. The molecule has 6 heteroatoms. The summed E-state index contributed by atoms with van der Waals surface area (Å²) in [5.74, 6) is -4.14. The summed E-state index contributed by atoms with van der Waals surface area (Å²) in [6.07, 6.45) is 21.9. The molecule has 3 nitrogen and oxygen atoms in total. The normalized spacial score (nSPS) is 19.3. The van der Waals surface area contributed by atoms with Gasteiger partial charge in [-0.25, -0.2) is 23.7 Å². The van der Waals surface area contributed by atoms with Crippen molar-refractivity contribution in [3.05, 3.63) is 52.6 Å². The zero-order chi connectivity index (χ0) is 27.0. The van der Waals surface area contributed by atoms with E-state index in [1.165, 1.54) is 57.8 Å². The van der Waals surface area contributed by atoms with Gasteiger partial charge in [-0.05, 0) is 61.1 Å². The molecule has 0 amide bonds. The maximum Gasteiger partial charge on any atom is 0.287 e. The number of pyridine rings is 1.